The highest BCUT2D eigenvalue weighted by Crippen LogP contribution is 2.24. The molecule has 1 amide bonds. The second-order valence-corrected chi connectivity index (χ2v) is 5.88. The molecule has 1 aromatic rings. The minimum Gasteiger partial charge on any atom is -0.324 e. The van der Waals surface area contributed by atoms with Crippen LogP contribution in [-0.4, -0.2) is 19.0 Å². The molecule has 0 aromatic heterocycles. The van der Waals surface area contributed by atoms with E-state index < -0.39 is 11.6 Å². The lowest BCUT2D eigenvalue weighted by molar-refractivity contribution is -0.116. The van der Waals surface area contributed by atoms with Crippen LogP contribution in [-0.2, 0) is 4.79 Å². The van der Waals surface area contributed by atoms with E-state index in [4.69, 9.17) is 0 Å². The van der Waals surface area contributed by atoms with Gasteiger partial charge in [0.05, 0.1) is 10.2 Å². The lowest BCUT2D eigenvalue weighted by atomic mass is 9.93. The maximum Gasteiger partial charge on any atom is 0.224 e. The van der Waals surface area contributed by atoms with E-state index in [1.165, 1.54) is 0 Å². The third-order valence-corrected chi connectivity index (χ3v) is 4.13. The molecule has 1 fully saturated rings. The van der Waals surface area contributed by atoms with Gasteiger partial charge in [-0.15, -0.1) is 0 Å². The Bertz CT molecular complexity index is 490. The van der Waals surface area contributed by atoms with Gasteiger partial charge in [0.15, 0.2) is 0 Å². The number of carbonyl (C=O) groups is 1. The monoisotopic (exact) mass is 346 g/mol. The van der Waals surface area contributed by atoms with Gasteiger partial charge >= 0.3 is 0 Å². The van der Waals surface area contributed by atoms with Crippen molar-refractivity contribution in [3.05, 3.63) is 28.2 Å². The summed E-state index contributed by atoms with van der Waals surface area (Å²) in [4.78, 5) is 11.8. The molecule has 3 nitrogen and oxygen atoms in total. The average Bonchev–Trinajstić information content (AvgIpc) is 2.44. The molecule has 1 aromatic carbocycles. The van der Waals surface area contributed by atoms with Crippen LogP contribution >= 0.6 is 15.9 Å². The molecule has 0 aliphatic carbocycles. The SMILES string of the molecule is O=C(CCC1CCNCC1)Nc1cc(F)c(Br)cc1F. The van der Waals surface area contributed by atoms with Gasteiger partial charge in [-0.05, 0) is 60.3 Å². The van der Waals surface area contributed by atoms with Gasteiger partial charge in [-0.25, -0.2) is 8.78 Å². The molecule has 0 spiro atoms. The van der Waals surface area contributed by atoms with Crippen molar-refractivity contribution >= 4 is 27.5 Å². The molecule has 110 valence electrons. The fourth-order valence-electron chi connectivity index (χ4n) is 2.34. The van der Waals surface area contributed by atoms with Crippen LogP contribution in [0.1, 0.15) is 25.7 Å². The second-order valence-electron chi connectivity index (χ2n) is 5.03. The molecule has 20 heavy (non-hydrogen) atoms. The van der Waals surface area contributed by atoms with Crippen molar-refractivity contribution in [3.8, 4) is 0 Å². The maximum atomic E-state index is 13.6. The summed E-state index contributed by atoms with van der Waals surface area (Å²) in [5.74, 6) is -0.980. The lowest BCUT2D eigenvalue weighted by Gasteiger charge is -2.22. The summed E-state index contributed by atoms with van der Waals surface area (Å²) in [6.07, 6.45) is 3.25. The number of hydrogen-bond donors (Lipinski definition) is 2. The molecule has 0 bridgehead atoms. The smallest absolute Gasteiger partial charge is 0.224 e. The lowest BCUT2D eigenvalue weighted by Crippen LogP contribution is -2.28. The van der Waals surface area contributed by atoms with E-state index in [-0.39, 0.29) is 16.1 Å². The van der Waals surface area contributed by atoms with Gasteiger partial charge in [0, 0.05) is 12.5 Å². The van der Waals surface area contributed by atoms with Gasteiger partial charge in [0.2, 0.25) is 5.91 Å². The number of rotatable bonds is 4. The van der Waals surface area contributed by atoms with Gasteiger partial charge in [0.1, 0.15) is 11.6 Å². The Balaban J connectivity index is 1.86. The first kappa shape index (κ1) is 15.4. The Morgan fingerprint density at radius 1 is 1.30 bits per heavy atom. The molecule has 6 heteroatoms. The highest BCUT2D eigenvalue weighted by Gasteiger charge is 2.16. The third kappa shape index (κ3) is 4.24. The Morgan fingerprint density at radius 2 is 2.00 bits per heavy atom. The Labute approximate surface area is 125 Å². The Hall–Kier alpha value is -1.01. The Morgan fingerprint density at radius 3 is 2.70 bits per heavy atom. The molecule has 0 unspecified atom stereocenters. The number of amides is 1. The van der Waals surface area contributed by atoms with Crippen LogP contribution in [0.15, 0.2) is 16.6 Å². The van der Waals surface area contributed by atoms with Gasteiger partial charge in [0.25, 0.3) is 0 Å². The number of anilines is 1. The minimum absolute atomic E-state index is 0.0442. The number of hydrogen-bond acceptors (Lipinski definition) is 2. The van der Waals surface area contributed by atoms with Crippen LogP contribution in [0.25, 0.3) is 0 Å². The van der Waals surface area contributed by atoms with E-state index in [0.717, 1.165) is 44.5 Å². The van der Waals surface area contributed by atoms with Crippen LogP contribution in [0.4, 0.5) is 14.5 Å². The molecule has 2 N–H and O–H groups in total. The highest BCUT2D eigenvalue weighted by molar-refractivity contribution is 9.10. The molecule has 1 saturated heterocycles. The summed E-state index contributed by atoms with van der Waals surface area (Å²) in [6.45, 7) is 1.97. The molecule has 1 heterocycles. The first-order chi connectivity index (χ1) is 9.56. The zero-order chi connectivity index (χ0) is 14.5. The number of nitrogens with one attached hydrogen (secondary N) is 2. The fraction of sp³-hybridized carbons (Fsp3) is 0.500. The molecule has 0 saturated carbocycles. The van der Waals surface area contributed by atoms with Crippen LogP contribution in [0.2, 0.25) is 0 Å². The molecule has 0 radical (unpaired) electrons. The van der Waals surface area contributed by atoms with Crippen molar-refractivity contribution in [1.82, 2.24) is 5.32 Å². The molecular formula is C14H17BrF2N2O. The van der Waals surface area contributed by atoms with E-state index in [2.05, 4.69) is 26.6 Å². The van der Waals surface area contributed by atoms with Crippen LogP contribution in [0.3, 0.4) is 0 Å². The van der Waals surface area contributed by atoms with Gasteiger partial charge < -0.3 is 10.6 Å². The summed E-state index contributed by atoms with van der Waals surface area (Å²) < 4.78 is 26.9. The van der Waals surface area contributed by atoms with Crippen molar-refractivity contribution in [2.24, 2.45) is 5.92 Å². The van der Waals surface area contributed by atoms with Crippen molar-refractivity contribution in [2.45, 2.75) is 25.7 Å². The quantitative estimate of drug-likeness (QED) is 0.820. The first-order valence-corrected chi connectivity index (χ1v) is 7.50. The molecule has 1 aliphatic heterocycles. The maximum absolute atomic E-state index is 13.6. The van der Waals surface area contributed by atoms with Crippen LogP contribution in [0.5, 0.6) is 0 Å². The van der Waals surface area contributed by atoms with Crippen molar-refractivity contribution in [2.75, 3.05) is 18.4 Å². The summed E-state index contributed by atoms with van der Waals surface area (Å²) in [6, 6.07) is 2.00. The van der Waals surface area contributed by atoms with E-state index in [0.29, 0.717) is 12.3 Å². The van der Waals surface area contributed by atoms with Crippen molar-refractivity contribution < 1.29 is 13.6 Å². The molecule has 1 aliphatic rings. The second kappa shape index (κ2) is 7.13. The van der Waals surface area contributed by atoms with Gasteiger partial charge in [-0.1, -0.05) is 0 Å². The molecular weight excluding hydrogens is 330 g/mol. The van der Waals surface area contributed by atoms with Crippen LogP contribution in [0, 0.1) is 17.6 Å². The van der Waals surface area contributed by atoms with Crippen molar-refractivity contribution in [1.29, 1.82) is 0 Å². The third-order valence-electron chi connectivity index (χ3n) is 3.52. The highest BCUT2D eigenvalue weighted by atomic mass is 79.9. The van der Waals surface area contributed by atoms with E-state index in [1.54, 1.807) is 0 Å². The molecule has 2 rings (SSSR count). The number of carbonyl (C=O) groups excluding carboxylic acids is 1. The standard InChI is InChI=1S/C14H17BrF2N2O/c15-10-7-12(17)13(8-11(10)16)19-14(20)2-1-9-3-5-18-6-4-9/h7-9,18H,1-6H2,(H,19,20). The molecule has 0 atom stereocenters. The van der Waals surface area contributed by atoms with E-state index >= 15 is 0 Å². The summed E-state index contributed by atoms with van der Waals surface area (Å²) in [5, 5.41) is 5.69. The van der Waals surface area contributed by atoms with Gasteiger partial charge in [-0.2, -0.15) is 0 Å². The zero-order valence-corrected chi connectivity index (χ0v) is 12.6. The average molecular weight is 347 g/mol. The van der Waals surface area contributed by atoms with E-state index in [9.17, 15) is 13.6 Å². The van der Waals surface area contributed by atoms with Crippen LogP contribution < -0.4 is 10.6 Å². The normalized spacial score (nSPS) is 16.1. The summed E-state index contributed by atoms with van der Waals surface area (Å²) in [5.41, 5.74) is -0.110. The number of halogens is 3. The zero-order valence-electron chi connectivity index (χ0n) is 11.0. The predicted molar refractivity (Wildman–Crippen MR) is 77.5 cm³/mol. The topological polar surface area (TPSA) is 41.1 Å². The minimum atomic E-state index is -0.645. The Kier molecular flexibility index (Phi) is 5.48. The largest absolute Gasteiger partial charge is 0.324 e. The first-order valence-electron chi connectivity index (χ1n) is 6.71. The summed E-state index contributed by atoms with van der Waals surface area (Å²) >= 11 is 2.90. The van der Waals surface area contributed by atoms with E-state index in [1.807, 2.05) is 0 Å². The van der Waals surface area contributed by atoms with Gasteiger partial charge in [-0.3, -0.25) is 4.79 Å². The summed E-state index contributed by atoms with van der Waals surface area (Å²) in [7, 11) is 0. The van der Waals surface area contributed by atoms with Crippen molar-refractivity contribution in [3.63, 3.8) is 0 Å². The number of benzene rings is 1. The number of piperidine rings is 1. The predicted octanol–water partition coefficient (Wildman–Crippen LogP) is 3.45. The fourth-order valence-corrected chi connectivity index (χ4v) is 2.65.